The van der Waals surface area contributed by atoms with E-state index >= 15 is 0 Å². The van der Waals surface area contributed by atoms with Crippen LogP contribution in [0.2, 0.25) is 0 Å². The van der Waals surface area contributed by atoms with E-state index in [1.54, 1.807) is 19.2 Å². The molecule has 0 aliphatic carbocycles. The van der Waals surface area contributed by atoms with Gasteiger partial charge >= 0.3 is 6.03 Å². The normalized spacial score (nSPS) is 23.3. The molecule has 0 radical (unpaired) electrons. The number of nitrogens with zero attached hydrogens (tertiary/aromatic N) is 3. The average Bonchev–Trinajstić information content (AvgIpc) is 3.23. The van der Waals surface area contributed by atoms with Gasteiger partial charge in [-0.05, 0) is 51.1 Å². The van der Waals surface area contributed by atoms with Gasteiger partial charge in [-0.3, -0.25) is 9.59 Å². The molecule has 3 aliphatic rings. The Hall–Kier alpha value is -3.05. The summed E-state index contributed by atoms with van der Waals surface area (Å²) < 4.78 is 21.3. The lowest BCUT2D eigenvalue weighted by Crippen LogP contribution is -2.52. The molecule has 39 heavy (non-hydrogen) atoms. The number of benzene rings is 1. The Kier molecular flexibility index (Phi) is 9.90. The molecule has 1 aromatic carbocycles. The van der Waals surface area contributed by atoms with Crippen molar-refractivity contribution in [3.63, 3.8) is 0 Å². The zero-order valence-electron chi connectivity index (χ0n) is 23.6. The number of piperidine rings is 2. The van der Waals surface area contributed by atoms with Crippen LogP contribution in [0.3, 0.4) is 0 Å². The molecule has 4 amide bonds. The van der Waals surface area contributed by atoms with E-state index in [-0.39, 0.29) is 18.0 Å². The highest BCUT2D eigenvalue weighted by atomic mass is 16.5. The molecular weight excluding hydrogens is 504 g/mol. The van der Waals surface area contributed by atoms with E-state index in [4.69, 9.17) is 18.9 Å². The van der Waals surface area contributed by atoms with Crippen LogP contribution in [0, 0.1) is 5.92 Å². The number of imide groups is 1. The summed E-state index contributed by atoms with van der Waals surface area (Å²) in [4.78, 5) is 45.4. The van der Waals surface area contributed by atoms with Gasteiger partial charge in [0.1, 0.15) is 6.04 Å². The molecule has 1 N–H and O–H groups in total. The number of methoxy groups -OCH3 is 4. The van der Waals surface area contributed by atoms with Crippen molar-refractivity contribution in [1.82, 2.24) is 15.1 Å². The van der Waals surface area contributed by atoms with Crippen molar-refractivity contribution in [1.29, 1.82) is 0 Å². The van der Waals surface area contributed by atoms with E-state index in [1.807, 2.05) is 4.90 Å². The van der Waals surface area contributed by atoms with Gasteiger partial charge in [-0.15, -0.1) is 0 Å². The highest BCUT2D eigenvalue weighted by Gasteiger charge is 2.42. The molecule has 3 heterocycles. The number of fused-ring (bicyclic) bond motifs is 1. The van der Waals surface area contributed by atoms with E-state index < -0.39 is 18.0 Å². The number of carbonyl (C=O) groups is 3. The molecule has 1 aromatic rings. The number of hydrogen-bond acceptors (Lipinski definition) is 8. The predicted molar refractivity (Wildman–Crippen MR) is 146 cm³/mol. The lowest BCUT2D eigenvalue weighted by Gasteiger charge is -2.45. The Labute approximate surface area is 230 Å². The molecule has 216 valence electrons. The number of carbonyl (C=O) groups excluding carboxylic acids is 3. The van der Waals surface area contributed by atoms with Crippen LogP contribution in [0.15, 0.2) is 12.1 Å². The second kappa shape index (κ2) is 13.3. The van der Waals surface area contributed by atoms with Crippen LogP contribution in [-0.2, 0) is 14.3 Å². The summed E-state index contributed by atoms with van der Waals surface area (Å²) in [5, 5.41) is 2.70. The van der Waals surface area contributed by atoms with Crippen molar-refractivity contribution in [3.05, 3.63) is 12.1 Å². The molecule has 0 saturated carbocycles. The predicted octanol–water partition coefficient (Wildman–Crippen LogP) is 2.66. The van der Waals surface area contributed by atoms with Crippen molar-refractivity contribution < 1.29 is 33.3 Å². The Bertz CT molecular complexity index is 1010. The van der Waals surface area contributed by atoms with E-state index in [9.17, 15) is 14.4 Å². The van der Waals surface area contributed by atoms with E-state index in [2.05, 4.69) is 10.2 Å². The van der Waals surface area contributed by atoms with Gasteiger partial charge in [0.05, 0.1) is 33.4 Å². The van der Waals surface area contributed by atoms with Crippen LogP contribution >= 0.6 is 0 Å². The summed E-state index contributed by atoms with van der Waals surface area (Å²) in [6, 6.07) is 2.04. The lowest BCUT2D eigenvalue weighted by molar-refractivity contribution is -0.135. The second-order valence-electron chi connectivity index (χ2n) is 10.5. The first-order valence-electron chi connectivity index (χ1n) is 13.9. The molecule has 0 aromatic heterocycles. The third-order valence-electron chi connectivity index (χ3n) is 8.12. The molecule has 11 heteroatoms. The summed E-state index contributed by atoms with van der Waals surface area (Å²) in [6.07, 6.45) is 6.50. The van der Waals surface area contributed by atoms with Gasteiger partial charge in [0.15, 0.2) is 11.5 Å². The lowest BCUT2D eigenvalue weighted by atomic mass is 9.83. The summed E-state index contributed by atoms with van der Waals surface area (Å²) >= 11 is 0. The summed E-state index contributed by atoms with van der Waals surface area (Å²) in [5.74, 6) is 0.782. The summed E-state index contributed by atoms with van der Waals surface area (Å²) in [6.45, 7) is 4.05. The highest BCUT2D eigenvalue weighted by Crippen LogP contribution is 2.41. The van der Waals surface area contributed by atoms with E-state index in [1.165, 1.54) is 40.6 Å². The van der Waals surface area contributed by atoms with Crippen LogP contribution in [0.25, 0.3) is 0 Å². The topological polar surface area (TPSA) is 110 Å². The van der Waals surface area contributed by atoms with Gasteiger partial charge < -0.3 is 34.1 Å². The molecule has 0 bridgehead atoms. The monoisotopic (exact) mass is 546 g/mol. The first-order valence-corrected chi connectivity index (χ1v) is 13.9. The van der Waals surface area contributed by atoms with Gasteiger partial charge in [-0.1, -0.05) is 6.42 Å². The molecule has 4 rings (SSSR count). The van der Waals surface area contributed by atoms with Crippen LogP contribution in [0.5, 0.6) is 17.2 Å². The van der Waals surface area contributed by atoms with Crippen molar-refractivity contribution >= 4 is 23.5 Å². The van der Waals surface area contributed by atoms with Crippen molar-refractivity contribution in [2.75, 3.05) is 66.1 Å². The number of rotatable bonds is 12. The Morgan fingerprint density at radius 1 is 1.00 bits per heavy atom. The third-order valence-corrected chi connectivity index (χ3v) is 8.12. The first kappa shape index (κ1) is 28.9. The number of anilines is 1. The Morgan fingerprint density at radius 2 is 1.72 bits per heavy atom. The van der Waals surface area contributed by atoms with E-state index in [0.717, 1.165) is 30.8 Å². The van der Waals surface area contributed by atoms with Crippen LogP contribution < -0.4 is 24.4 Å². The Morgan fingerprint density at radius 3 is 2.38 bits per heavy atom. The molecule has 3 aliphatic heterocycles. The molecule has 3 atom stereocenters. The maximum atomic E-state index is 13.6. The van der Waals surface area contributed by atoms with Crippen molar-refractivity contribution in [3.8, 4) is 17.2 Å². The summed E-state index contributed by atoms with van der Waals surface area (Å²) in [7, 11) is 6.06. The molecule has 0 unspecified atom stereocenters. The maximum Gasteiger partial charge on any atom is 0.329 e. The van der Waals surface area contributed by atoms with Crippen LogP contribution in [0.1, 0.15) is 44.9 Å². The van der Waals surface area contributed by atoms with Crippen molar-refractivity contribution in [2.45, 2.75) is 57.0 Å². The number of amides is 4. The fourth-order valence-corrected chi connectivity index (χ4v) is 6.20. The number of nitrogens with one attached hydrogen (secondary N) is 1. The highest BCUT2D eigenvalue weighted by molar-refractivity contribution is 6.22. The fraction of sp³-hybridized carbons (Fsp3) is 0.679. The molecular formula is C28H42N4O7. The van der Waals surface area contributed by atoms with E-state index in [0.29, 0.717) is 55.3 Å². The smallest absolute Gasteiger partial charge is 0.329 e. The van der Waals surface area contributed by atoms with Crippen LogP contribution in [0.4, 0.5) is 10.5 Å². The van der Waals surface area contributed by atoms with Gasteiger partial charge in [0.25, 0.3) is 5.91 Å². The zero-order chi connectivity index (χ0) is 27.9. The van der Waals surface area contributed by atoms with Crippen molar-refractivity contribution in [2.24, 2.45) is 5.92 Å². The molecule has 3 saturated heterocycles. The number of ether oxygens (including phenoxy) is 4. The SMILES string of the molecule is COCCCN(C[C@@H]1CCCN2CCCC[C@@H]12)C(=O)C[C@@H]1NC(=O)N(c2cc(OC)c(OC)c(OC)c2)C1=O. The molecule has 0 spiro atoms. The standard InChI is InChI=1S/C28H42N4O7/c1-36-14-8-13-31(18-19-9-7-12-30-11-6-5-10-22(19)30)25(33)17-21-27(34)32(28(35)29-21)20-15-23(37-2)26(39-4)24(16-20)38-3/h15-16,19,21-22H,5-14,17-18H2,1-4H3,(H,29,35)/t19-,21-,22-/m0/s1. The minimum atomic E-state index is -0.952. The quantitative estimate of drug-likeness (QED) is 0.315. The third kappa shape index (κ3) is 6.41. The largest absolute Gasteiger partial charge is 0.493 e. The number of hydrogen-bond donors (Lipinski definition) is 1. The Balaban J connectivity index is 1.48. The molecule has 11 nitrogen and oxygen atoms in total. The molecule has 3 fully saturated rings. The number of urea groups is 1. The fourth-order valence-electron chi connectivity index (χ4n) is 6.20. The first-order chi connectivity index (χ1) is 18.9. The summed E-state index contributed by atoms with van der Waals surface area (Å²) in [5.41, 5.74) is 0.276. The van der Waals surface area contributed by atoms with Gasteiger partial charge in [-0.25, -0.2) is 9.69 Å². The maximum absolute atomic E-state index is 13.6. The van der Waals surface area contributed by atoms with Gasteiger partial charge in [0, 0.05) is 45.0 Å². The average molecular weight is 547 g/mol. The van der Waals surface area contributed by atoms with Gasteiger partial charge in [0.2, 0.25) is 11.7 Å². The minimum Gasteiger partial charge on any atom is -0.493 e. The zero-order valence-corrected chi connectivity index (χ0v) is 23.6. The van der Waals surface area contributed by atoms with Crippen LogP contribution in [-0.4, -0.2) is 101 Å². The second-order valence-corrected chi connectivity index (χ2v) is 10.5. The van der Waals surface area contributed by atoms with Gasteiger partial charge in [-0.2, -0.15) is 0 Å². The minimum absolute atomic E-state index is 0.0976.